The van der Waals surface area contributed by atoms with Gasteiger partial charge in [0.15, 0.2) is 5.13 Å². The molecule has 0 amide bonds. The van der Waals surface area contributed by atoms with E-state index in [1.807, 2.05) is 31.4 Å². The minimum absolute atomic E-state index is 0.337. The van der Waals surface area contributed by atoms with Crippen molar-refractivity contribution in [3.63, 3.8) is 0 Å². The molecule has 106 valence electrons. The predicted molar refractivity (Wildman–Crippen MR) is 81.7 cm³/mol. The average molecular weight is 290 g/mol. The number of rotatable bonds is 2. The first-order valence-electron chi connectivity index (χ1n) is 6.74. The van der Waals surface area contributed by atoms with Gasteiger partial charge in [-0.2, -0.15) is 0 Å². The molecule has 1 aliphatic rings. The number of aromatic nitrogens is 1. The number of aromatic hydroxyl groups is 1. The maximum atomic E-state index is 10.3. The zero-order valence-electron chi connectivity index (χ0n) is 11.7. The van der Waals surface area contributed by atoms with E-state index in [9.17, 15) is 5.11 Å². The number of hydrogen-bond acceptors (Lipinski definition) is 5. The van der Waals surface area contributed by atoms with E-state index >= 15 is 0 Å². The lowest BCUT2D eigenvalue weighted by Crippen LogP contribution is -2.36. The molecule has 0 spiro atoms. The summed E-state index contributed by atoms with van der Waals surface area (Å²) >= 11 is 1.62. The Morgan fingerprint density at radius 2 is 2.00 bits per heavy atom. The van der Waals surface area contributed by atoms with E-state index in [0.717, 1.165) is 53.8 Å². The minimum Gasteiger partial charge on any atom is -0.507 e. The quantitative estimate of drug-likeness (QED) is 0.923. The number of thiazole rings is 1. The molecular formula is C15H18N2O2S. The van der Waals surface area contributed by atoms with Crippen LogP contribution in [0.5, 0.6) is 5.75 Å². The average Bonchev–Trinajstić information content (AvgIpc) is 2.95. The molecule has 0 radical (unpaired) electrons. The maximum absolute atomic E-state index is 10.3. The highest BCUT2D eigenvalue weighted by molar-refractivity contribution is 7.14. The van der Waals surface area contributed by atoms with E-state index in [1.54, 1.807) is 11.3 Å². The topological polar surface area (TPSA) is 45.6 Å². The molecule has 0 unspecified atom stereocenters. The van der Waals surface area contributed by atoms with Crippen molar-refractivity contribution >= 4 is 16.5 Å². The zero-order chi connectivity index (χ0) is 14.1. The molecule has 1 saturated heterocycles. The number of phenols is 1. The number of nitrogens with zero attached hydrogens (tertiary/aromatic N) is 2. The molecule has 20 heavy (non-hydrogen) atoms. The highest BCUT2D eigenvalue weighted by Crippen LogP contribution is 2.35. The van der Waals surface area contributed by atoms with E-state index in [0.29, 0.717) is 5.75 Å². The first-order chi connectivity index (χ1) is 9.66. The molecule has 0 aliphatic carbocycles. The van der Waals surface area contributed by atoms with Crippen LogP contribution in [0.25, 0.3) is 11.3 Å². The van der Waals surface area contributed by atoms with Crippen LogP contribution < -0.4 is 4.90 Å². The van der Waals surface area contributed by atoms with Crippen LogP contribution >= 0.6 is 11.3 Å². The second-order valence-electron chi connectivity index (χ2n) is 5.02. The maximum Gasteiger partial charge on any atom is 0.186 e. The van der Waals surface area contributed by atoms with Crippen LogP contribution in [0.3, 0.4) is 0 Å². The van der Waals surface area contributed by atoms with Crippen LogP contribution in [-0.2, 0) is 4.74 Å². The van der Waals surface area contributed by atoms with Gasteiger partial charge in [0.2, 0.25) is 0 Å². The SMILES string of the molecule is Cc1ccc(-c2csc(N3CCOCC3)n2)c(O)c1C. The fraction of sp³-hybridized carbons (Fsp3) is 0.400. The van der Waals surface area contributed by atoms with Gasteiger partial charge < -0.3 is 14.7 Å². The molecule has 0 saturated carbocycles. The summed E-state index contributed by atoms with van der Waals surface area (Å²) < 4.78 is 5.36. The standard InChI is InChI=1S/C15H18N2O2S/c1-10-3-4-12(14(18)11(10)2)13-9-20-15(16-13)17-5-7-19-8-6-17/h3-4,9,18H,5-8H2,1-2H3. The second kappa shape index (κ2) is 5.42. The molecule has 3 rings (SSSR count). The van der Waals surface area contributed by atoms with E-state index < -0.39 is 0 Å². The van der Waals surface area contributed by atoms with Crippen molar-refractivity contribution in [2.24, 2.45) is 0 Å². The van der Waals surface area contributed by atoms with Crippen molar-refractivity contribution in [1.29, 1.82) is 0 Å². The van der Waals surface area contributed by atoms with Gasteiger partial charge in [0.05, 0.1) is 18.9 Å². The van der Waals surface area contributed by atoms with Crippen molar-refractivity contribution in [3.8, 4) is 17.0 Å². The molecule has 4 nitrogen and oxygen atoms in total. The summed E-state index contributed by atoms with van der Waals surface area (Å²) in [6.45, 7) is 7.20. The molecule has 0 atom stereocenters. The first kappa shape index (κ1) is 13.4. The van der Waals surface area contributed by atoms with Gasteiger partial charge in [0.1, 0.15) is 5.75 Å². The number of phenolic OH excluding ortho intramolecular Hbond substituents is 1. The second-order valence-corrected chi connectivity index (χ2v) is 5.85. The van der Waals surface area contributed by atoms with Gasteiger partial charge in [-0.3, -0.25) is 0 Å². The largest absolute Gasteiger partial charge is 0.507 e. The number of aryl methyl sites for hydroxylation is 1. The first-order valence-corrected chi connectivity index (χ1v) is 7.62. The highest BCUT2D eigenvalue weighted by atomic mass is 32.1. The summed E-state index contributed by atoms with van der Waals surface area (Å²) in [6, 6.07) is 3.97. The Hall–Kier alpha value is -1.59. The Labute approximate surface area is 122 Å². The van der Waals surface area contributed by atoms with Gasteiger partial charge in [-0.1, -0.05) is 6.07 Å². The molecule has 1 aromatic carbocycles. The molecule has 1 aromatic heterocycles. The summed E-state index contributed by atoms with van der Waals surface area (Å²) in [5.41, 5.74) is 3.67. The van der Waals surface area contributed by atoms with Crippen LogP contribution in [0.2, 0.25) is 0 Å². The lowest BCUT2D eigenvalue weighted by atomic mass is 10.0. The molecule has 1 fully saturated rings. The number of ether oxygens (including phenoxy) is 1. The predicted octanol–water partition coefficient (Wildman–Crippen LogP) is 2.97. The third-order valence-corrected chi connectivity index (χ3v) is 4.65. The molecular weight excluding hydrogens is 272 g/mol. The molecule has 0 bridgehead atoms. The van der Waals surface area contributed by atoms with Crippen LogP contribution in [0.1, 0.15) is 11.1 Å². The normalized spacial score (nSPS) is 15.6. The minimum atomic E-state index is 0.337. The summed E-state index contributed by atoms with van der Waals surface area (Å²) in [5, 5.41) is 13.3. The molecule has 2 heterocycles. The van der Waals surface area contributed by atoms with E-state index in [2.05, 4.69) is 9.88 Å². The monoisotopic (exact) mass is 290 g/mol. The third-order valence-electron chi connectivity index (χ3n) is 3.75. The lowest BCUT2D eigenvalue weighted by molar-refractivity contribution is 0.122. The Bertz CT molecular complexity index is 618. The van der Waals surface area contributed by atoms with Gasteiger partial charge in [0, 0.05) is 24.0 Å². The van der Waals surface area contributed by atoms with Crippen molar-refractivity contribution in [2.75, 3.05) is 31.2 Å². The van der Waals surface area contributed by atoms with Gasteiger partial charge in [-0.25, -0.2) is 4.98 Å². The van der Waals surface area contributed by atoms with Crippen LogP contribution in [0.15, 0.2) is 17.5 Å². The fourth-order valence-corrected chi connectivity index (χ4v) is 3.17. The van der Waals surface area contributed by atoms with Crippen LogP contribution in [0, 0.1) is 13.8 Å². The summed E-state index contributed by atoms with van der Waals surface area (Å²) in [7, 11) is 0. The Balaban J connectivity index is 1.92. The van der Waals surface area contributed by atoms with Crippen molar-refractivity contribution in [1.82, 2.24) is 4.98 Å². The van der Waals surface area contributed by atoms with Gasteiger partial charge in [0.25, 0.3) is 0 Å². The van der Waals surface area contributed by atoms with Crippen LogP contribution in [0.4, 0.5) is 5.13 Å². The number of hydrogen-bond donors (Lipinski definition) is 1. The fourth-order valence-electron chi connectivity index (χ4n) is 2.30. The van der Waals surface area contributed by atoms with Gasteiger partial charge in [-0.15, -0.1) is 11.3 Å². The summed E-state index contributed by atoms with van der Waals surface area (Å²) in [4.78, 5) is 6.90. The molecule has 2 aromatic rings. The van der Waals surface area contributed by atoms with Crippen molar-refractivity contribution < 1.29 is 9.84 Å². The van der Waals surface area contributed by atoms with Crippen LogP contribution in [-0.4, -0.2) is 36.4 Å². The molecule has 1 N–H and O–H groups in total. The highest BCUT2D eigenvalue weighted by Gasteiger charge is 2.17. The summed E-state index contributed by atoms with van der Waals surface area (Å²) in [6.07, 6.45) is 0. The number of benzene rings is 1. The number of anilines is 1. The Kier molecular flexibility index (Phi) is 3.63. The third kappa shape index (κ3) is 2.39. The number of morpholine rings is 1. The smallest absolute Gasteiger partial charge is 0.186 e. The van der Waals surface area contributed by atoms with E-state index in [1.165, 1.54) is 0 Å². The van der Waals surface area contributed by atoms with Gasteiger partial charge in [-0.05, 0) is 31.0 Å². The Morgan fingerprint density at radius 3 is 2.75 bits per heavy atom. The Morgan fingerprint density at radius 1 is 1.25 bits per heavy atom. The zero-order valence-corrected chi connectivity index (χ0v) is 12.5. The lowest BCUT2D eigenvalue weighted by Gasteiger charge is -2.26. The van der Waals surface area contributed by atoms with E-state index in [-0.39, 0.29) is 0 Å². The molecule has 5 heteroatoms. The van der Waals surface area contributed by atoms with Gasteiger partial charge >= 0.3 is 0 Å². The molecule has 1 aliphatic heterocycles. The van der Waals surface area contributed by atoms with Crippen molar-refractivity contribution in [2.45, 2.75) is 13.8 Å². The van der Waals surface area contributed by atoms with E-state index in [4.69, 9.17) is 4.74 Å². The summed E-state index contributed by atoms with van der Waals surface area (Å²) in [5.74, 6) is 0.337. The van der Waals surface area contributed by atoms with Crippen molar-refractivity contribution in [3.05, 3.63) is 28.6 Å².